The highest BCUT2D eigenvalue weighted by atomic mass is 35.5. The highest BCUT2D eigenvalue weighted by molar-refractivity contribution is 6.31. The molecule has 1 fully saturated rings. The van der Waals surface area contributed by atoms with Gasteiger partial charge in [-0.15, -0.1) is 0 Å². The number of urea groups is 1. The lowest BCUT2D eigenvalue weighted by molar-refractivity contribution is 0.143. The normalized spacial score (nSPS) is 14.8. The Morgan fingerprint density at radius 3 is 2.40 bits per heavy atom. The minimum absolute atomic E-state index is 0.109. The van der Waals surface area contributed by atoms with Gasteiger partial charge in [-0.1, -0.05) is 29.8 Å². The van der Waals surface area contributed by atoms with Gasteiger partial charge in [0.1, 0.15) is 0 Å². The van der Waals surface area contributed by atoms with Crippen LogP contribution in [0.25, 0.3) is 0 Å². The molecule has 2 aromatic rings. The molecule has 0 aromatic heterocycles. The van der Waals surface area contributed by atoms with Gasteiger partial charge >= 0.3 is 6.03 Å². The molecule has 1 saturated heterocycles. The van der Waals surface area contributed by atoms with E-state index in [1.807, 2.05) is 24.3 Å². The smallest absolute Gasteiger partial charge is 0.321 e. The second kappa shape index (κ2) is 8.02. The summed E-state index contributed by atoms with van der Waals surface area (Å²) in [6.45, 7) is 3.77. The van der Waals surface area contributed by atoms with Crippen LogP contribution in [0.5, 0.6) is 0 Å². The summed E-state index contributed by atoms with van der Waals surface area (Å²) in [5.41, 5.74) is 2.38. The molecule has 0 spiro atoms. The van der Waals surface area contributed by atoms with Crippen LogP contribution in [-0.2, 0) is 6.54 Å². The van der Waals surface area contributed by atoms with Crippen molar-refractivity contribution in [3.05, 3.63) is 64.7 Å². The summed E-state index contributed by atoms with van der Waals surface area (Å²) in [4.78, 5) is 16.5. The maximum absolute atomic E-state index is 12.4. The number of halogens is 1. The molecule has 0 atom stereocenters. The number of carbonyl (C=O) groups excluding carboxylic acids is 1. The molecule has 6 heteroatoms. The summed E-state index contributed by atoms with van der Waals surface area (Å²) in [6.07, 6.45) is 0. The van der Waals surface area contributed by atoms with Crippen molar-refractivity contribution in [3.63, 3.8) is 0 Å². The quantitative estimate of drug-likeness (QED) is 0.916. The van der Waals surface area contributed by atoms with Crippen molar-refractivity contribution in [2.24, 2.45) is 0 Å². The van der Waals surface area contributed by atoms with E-state index in [-0.39, 0.29) is 6.03 Å². The third-order valence-corrected chi connectivity index (χ3v) is 4.65. The zero-order valence-corrected chi connectivity index (χ0v) is 14.5. The van der Waals surface area contributed by atoms with E-state index in [9.17, 15) is 4.79 Å². The Morgan fingerprint density at radius 1 is 1.08 bits per heavy atom. The standard InChI is InChI=1S/C19H19ClN4O/c20-18-4-2-1-3-16(18)14-23-9-11-24(12-10-23)19(25)22-17-7-5-15(13-21)6-8-17/h1-8H,9-12,14H2,(H,22,25). The highest BCUT2D eigenvalue weighted by Crippen LogP contribution is 2.18. The van der Waals surface area contributed by atoms with Crippen LogP contribution in [0.1, 0.15) is 11.1 Å². The van der Waals surface area contributed by atoms with Crippen LogP contribution in [0.4, 0.5) is 10.5 Å². The van der Waals surface area contributed by atoms with Crippen LogP contribution in [0.2, 0.25) is 5.02 Å². The number of piperazine rings is 1. The third-order valence-electron chi connectivity index (χ3n) is 4.28. The lowest BCUT2D eigenvalue weighted by Gasteiger charge is -2.34. The first-order chi connectivity index (χ1) is 12.2. The van der Waals surface area contributed by atoms with Gasteiger partial charge in [-0.2, -0.15) is 5.26 Å². The number of nitrogens with one attached hydrogen (secondary N) is 1. The van der Waals surface area contributed by atoms with Crippen molar-refractivity contribution < 1.29 is 4.79 Å². The minimum Gasteiger partial charge on any atom is -0.322 e. The SMILES string of the molecule is N#Cc1ccc(NC(=O)N2CCN(Cc3ccccc3Cl)CC2)cc1. The molecule has 128 valence electrons. The fourth-order valence-corrected chi connectivity index (χ4v) is 3.00. The van der Waals surface area contributed by atoms with Crippen molar-refractivity contribution in [1.29, 1.82) is 5.26 Å². The fraction of sp³-hybridized carbons (Fsp3) is 0.263. The average Bonchev–Trinajstić information content (AvgIpc) is 2.65. The molecule has 1 N–H and O–H groups in total. The monoisotopic (exact) mass is 354 g/mol. The third kappa shape index (κ3) is 4.50. The lowest BCUT2D eigenvalue weighted by atomic mass is 10.2. The number of nitrogens with zero attached hydrogens (tertiary/aromatic N) is 3. The van der Waals surface area contributed by atoms with Crippen LogP contribution < -0.4 is 5.32 Å². The van der Waals surface area contributed by atoms with Gasteiger partial charge in [-0.25, -0.2) is 4.79 Å². The maximum Gasteiger partial charge on any atom is 0.321 e. The topological polar surface area (TPSA) is 59.4 Å². The molecule has 5 nitrogen and oxygen atoms in total. The van der Waals surface area contributed by atoms with Gasteiger partial charge in [0.05, 0.1) is 11.6 Å². The van der Waals surface area contributed by atoms with Gasteiger partial charge in [-0.05, 0) is 35.9 Å². The predicted molar refractivity (Wildman–Crippen MR) is 98.5 cm³/mol. The molecular weight excluding hydrogens is 336 g/mol. The molecule has 3 rings (SSSR count). The summed E-state index contributed by atoms with van der Waals surface area (Å²) < 4.78 is 0. The number of anilines is 1. The molecule has 0 unspecified atom stereocenters. The largest absolute Gasteiger partial charge is 0.322 e. The maximum atomic E-state index is 12.4. The van der Waals surface area contributed by atoms with E-state index in [1.54, 1.807) is 29.2 Å². The van der Waals surface area contributed by atoms with E-state index >= 15 is 0 Å². The summed E-state index contributed by atoms with van der Waals surface area (Å²) >= 11 is 6.21. The molecule has 25 heavy (non-hydrogen) atoms. The van der Waals surface area contributed by atoms with Crippen LogP contribution in [0.3, 0.4) is 0 Å². The minimum atomic E-state index is -0.109. The van der Waals surface area contributed by atoms with Crippen LogP contribution in [0.15, 0.2) is 48.5 Å². The first kappa shape index (κ1) is 17.3. The number of carbonyl (C=O) groups is 1. The van der Waals surface area contributed by atoms with Crippen molar-refractivity contribution in [2.45, 2.75) is 6.54 Å². The summed E-state index contributed by atoms with van der Waals surface area (Å²) in [5, 5.41) is 12.5. The van der Waals surface area contributed by atoms with E-state index in [4.69, 9.17) is 16.9 Å². The average molecular weight is 355 g/mol. The Balaban J connectivity index is 1.50. The number of amides is 2. The zero-order valence-electron chi connectivity index (χ0n) is 13.8. The number of hydrogen-bond donors (Lipinski definition) is 1. The molecule has 0 saturated carbocycles. The van der Waals surface area contributed by atoms with Gasteiger partial charge in [0.25, 0.3) is 0 Å². The number of rotatable bonds is 3. The molecule has 0 bridgehead atoms. The molecule has 0 radical (unpaired) electrons. The second-order valence-electron chi connectivity index (χ2n) is 5.97. The van der Waals surface area contributed by atoms with E-state index in [1.165, 1.54) is 0 Å². The highest BCUT2D eigenvalue weighted by Gasteiger charge is 2.21. The summed E-state index contributed by atoms with van der Waals surface area (Å²) in [7, 11) is 0. The van der Waals surface area contributed by atoms with Crippen molar-refractivity contribution in [1.82, 2.24) is 9.80 Å². The summed E-state index contributed by atoms with van der Waals surface area (Å²) in [5.74, 6) is 0. The molecule has 0 aliphatic carbocycles. The molecular formula is C19H19ClN4O. The molecule has 1 aliphatic heterocycles. The van der Waals surface area contributed by atoms with Gasteiger partial charge < -0.3 is 10.2 Å². The Morgan fingerprint density at radius 2 is 1.76 bits per heavy atom. The fourth-order valence-electron chi connectivity index (χ4n) is 2.81. The van der Waals surface area contributed by atoms with E-state index in [0.717, 1.165) is 30.2 Å². The van der Waals surface area contributed by atoms with Crippen molar-refractivity contribution >= 4 is 23.3 Å². The van der Waals surface area contributed by atoms with Crippen LogP contribution >= 0.6 is 11.6 Å². The van der Waals surface area contributed by atoms with Gasteiger partial charge in [-0.3, -0.25) is 4.90 Å². The number of hydrogen-bond acceptors (Lipinski definition) is 3. The number of nitriles is 1. The van der Waals surface area contributed by atoms with Crippen LogP contribution in [-0.4, -0.2) is 42.0 Å². The van der Waals surface area contributed by atoms with Gasteiger partial charge in [0.15, 0.2) is 0 Å². The van der Waals surface area contributed by atoms with Gasteiger partial charge in [0.2, 0.25) is 0 Å². The van der Waals surface area contributed by atoms with E-state index < -0.39 is 0 Å². The van der Waals surface area contributed by atoms with Crippen molar-refractivity contribution in [2.75, 3.05) is 31.5 Å². The first-order valence-electron chi connectivity index (χ1n) is 8.17. The Kier molecular flexibility index (Phi) is 5.54. The van der Waals surface area contributed by atoms with E-state index in [0.29, 0.717) is 24.3 Å². The molecule has 1 aliphatic rings. The zero-order chi connectivity index (χ0) is 17.6. The second-order valence-corrected chi connectivity index (χ2v) is 6.38. The van der Waals surface area contributed by atoms with E-state index in [2.05, 4.69) is 16.3 Å². The predicted octanol–water partition coefficient (Wildman–Crippen LogP) is 3.56. The first-order valence-corrected chi connectivity index (χ1v) is 8.55. The number of benzene rings is 2. The van der Waals surface area contributed by atoms with Crippen LogP contribution in [0, 0.1) is 11.3 Å². The van der Waals surface area contributed by atoms with Gasteiger partial charge in [0, 0.05) is 43.4 Å². The Hall–Kier alpha value is -2.55. The molecule has 2 amide bonds. The molecule has 1 heterocycles. The lowest BCUT2D eigenvalue weighted by Crippen LogP contribution is -2.49. The Bertz CT molecular complexity index is 777. The molecule has 2 aromatic carbocycles. The summed E-state index contributed by atoms with van der Waals surface area (Å²) in [6, 6.07) is 16.7. The Labute approximate surface area is 152 Å². The van der Waals surface area contributed by atoms with Crippen molar-refractivity contribution in [3.8, 4) is 6.07 Å².